The lowest BCUT2D eigenvalue weighted by atomic mass is 10.2. The normalized spacial score (nSPS) is 14.0. The highest BCUT2D eigenvalue weighted by Crippen LogP contribution is 2.10. The van der Waals surface area contributed by atoms with Gasteiger partial charge in [-0.25, -0.2) is 4.79 Å². The van der Waals surface area contributed by atoms with Crippen LogP contribution in [0.25, 0.3) is 22.6 Å². The van der Waals surface area contributed by atoms with Crippen LogP contribution in [0.3, 0.4) is 0 Å². The van der Waals surface area contributed by atoms with Gasteiger partial charge in [0, 0.05) is 16.8 Å². The molecule has 6 nitrogen and oxygen atoms in total. The number of nitrogens with zero attached hydrogens (tertiary/aromatic N) is 1. The summed E-state index contributed by atoms with van der Waals surface area (Å²) in [6.07, 6.45) is 1.39. The minimum atomic E-state index is -0.587. The fourth-order valence-corrected chi connectivity index (χ4v) is 2.37. The van der Waals surface area contributed by atoms with Crippen LogP contribution in [0.15, 0.2) is 24.3 Å². The van der Waals surface area contributed by atoms with Crippen LogP contribution in [0.2, 0.25) is 0 Å². The first kappa shape index (κ1) is 20.5. The molecule has 0 saturated carbocycles. The quantitative estimate of drug-likeness (QED) is 0.661. The Balaban J connectivity index is 2.52. The Morgan fingerprint density at radius 3 is 2.30 bits per heavy atom. The number of esters is 1. The number of aromatic amines is 1. The molecule has 144 valence electrons. The van der Waals surface area contributed by atoms with E-state index in [4.69, 9.17) is 14.2 Å². The second-order valence-corrected chi connectivity index (χ2v) is 8.10. The van der Waals surface area contributed by atoms with E-state index >= 15 is 0 Å². The van der Waals surface area contributed by atoms with Gasteiger partial charge in [0.15, 0.2) is 6.79 Å². The molecule has 2 rings (SSSR count). The Morgan fingerprint density at radius 1 is 1.11 bits per heavy atom. The highest BCUT2D eigenvalue weighted by molar-refractivity contribution is 6.02. The number of aromatic nitrogens is 1. The van der Waals surface area contributed by atoms with Gasteiger partial charge in [0.25, 0.3) is 0 Å². The van der Waals surface area contributed by atoms with Crippen molar-refractivity contribution in [2.24, 2.45) is 0 Å². The van der Waals surface area contributed by atoms with Crippen LogP contribution in [0.5, 0.6) is 0 Å². The second-order valence-electron chi connectivity index (χ2n) is 8.10. The first-order valence-corrected chi connectivity index (χ1v) is 8.73. The molecule has 0 fully saturated rings. The molecule has 1 N–H and O–H groups in total. The molecule has 0 spiro atoms. The monoisotopic (exact) mass is 370 g/mol. The van der Waals surface area contributed by atoms with Crippen molar-refractivity contribution in [3.05, 3.63) is 35.0 Å². The third-order valence-corrected chi connectivity index (χ3v) is 3.44. The van der Waals surface area contributed by atoms with E-state index in [1.165, 1.54) is 6.08 Å². The van der Waals surface area contributed by atoms with Crippen LogP contribution >= 0.6 is 0 Å². The van der Waals surface area contributed by atoms with Gasteiger partial charge in [0.1, 0.15) is 17.0 Å². The van der Waals surface area contributed by atoms with Crippen molar-refractivity contribution in [2.75, 3.05) is 6.79 Å². The predicted octanol–water partition coefficient (Wildman–Crippen LogP) is 2.71. The number of nitrogens with one attached hydrogen (secondary N) is 1. The minimum absolute atomic E-state index is 0.0507. The summed E-state index contributed by atoms with van der Waals surface area (Å²) in [4.78, 5) is 15.3. The lowest BCUT2D eigenvalue weighted by Crippen LogP contribution is -2.24. The molecule has 1 heterocycles. The summed E-state index contributed by atoms with van der Waals surface area (Å²) >= 11 is 0. The molecule has 0 bridgehead atoms. The number of rotatable bonds is 4. The predicted molar refractivity (Wildman–Crippen MR) is 104 cm³/mol. The molecule has 27 heavy (non-hydrogen) atoms. The molecular weight excluding hydrogens is 344 g/mol. The molecular formula is C21H26N2O4. The molecule has 0 amide bonds. The maximum absolute atomic E-state index is 12.2. The number of H-pyrrole nitrogens is 1. The lowest BCUT2D eigenvalue weighted by molar-refractivity contribution is -0.146. The van der Waals surface area contributed by atoms with E-state index in [0.717, 1.165) is 10.8 Å². The van der Waals surface area contributed by atoms with E-state index in [0.29, 0.717) is 10.7 Å². The number of hydrogen-bond acceptors (Lipinski definition) is 5. The van der Waals surface area contributed by atoms with E-state index in [9.17, 15) is 10.1 Å². The summed E-state index contributed by atoms with van der Waals surface area (Å²) in [5, 5.41) is 12.2. The van der Waals surface area contributed by atoms with E-state index in [1.807, 2.05) is 65.8 Å². The average Bonchev–Trinajstić information content (AvgIpc) is 2.87. The SMILES string of the molecule is CC(C)(C)OCO/C(C#N)=c1\[nH]/c(=C\C(=O)OC(C)(C)C)c2ccccc12. The smallest absolute Gasteiger partial charge is 0.333 e. The topological polar surface area (TPSA) is 84.3 Å². The van der Waals surface area contributed by atoms with Gasteiger partial charge >= 0.3 is 5.97 Å². The van der Waals surface area contributed by atoms with Crippen LogP contribution in [0.4, 0.5) is 0 Å². The van der Waals surface area contributed by atoms with Crippen molar-refractivity contribution in [3.63, 3.8) is 0 Å². The number of nitriles is 1. The summed E-state index contributed by atoms with van der Waals surface area (Å²) in [6.45, 7) is 11.1. The Labute approximate surface area is 159 Å². The Hall–Kier alpha value is -2.78. The first-order valence-electron chi connectivity index (χ1n) is 8.73. The van der Waals surface area contributed by atoms with Gasteiger partial charge in [-0.15, -0.1) is 0 Å². The fraction of sp³-hybridized carbons (Fsp3) is 0.429. The molecule has 6 heteroatoms. The van der Waals surface area contributed by atoms with E-state index < -0.39 is 11.6 Å². The minimum Gasteiger partial charge on any atom is -0.457 e. The Morgan fingerprint density at radius 2 is 1.74 bits per heavy atom. The molecule has 2 aromatic rings. The molecule has 1 aromatic carbocycles. The Bertz CT molecular complexity index is 982. The number of benzene rings is 1. The number of carbonyl (C=O) groups is 1. The van der Waals surface area contributed by atoms with Crippen molar-refractivity contribution in [2.45, 2.75) is 52.7 Å². The largest absolute Gasteiger partial charge is 0.457 e. The maximum atomic E-state index is 12.2. The van der Waals surface area contributed by atoms with E-state index in [2.05, 4.69) is 11.1 Å². The number of ether oxygens (including phenoxy) is 3. The lowest BCUT2D eigenvalue weighted by Gasteiger charge is -2.19. The van der Waals surface area contributed by atoms with Crippen molar-refractivity contribution in [3.8, 4) is 6.07 Å². The third-order valence-electron chi connectivity index (χ3n) is 3.44. The molecule has 0 aliphatic carbocycles. The van der Waals surface area contributed by atoms with Crippen LogP contribution in [-0.2, 0) is 19.0 Å². The number of hydrogen-bond donors (Lipinski definition) is 1. The van der Waals surface area contributed by atoms with Gasteiger partial charge in [-0.2, -0.15) is 5.26 Å². The van der Waals surface area contributed by atoms with E-state index in [1.54, 1.807) is 0 Å². The highest BCUT2D eigenvalue weighted by Gasteiger charge is 2.15. The molecule has 0 unspecified atom stereocenters. The van der Waals surface area contributed by atoms with Gasteiger partial charge in [-0.3, -0.25) is 0 Å². The second kappa shape index (κ2) is 7.85. The van der Waals surface area contributed by atoms with Crippen LogP contribution < -0.4 is 10.7 Å². The highest BCUT2D eigenvalue weighted by atomic mass is 16.7. The van der Waals surface area contributed by atoms with Crippen molar-refractivity contribution < 1.29 is 19.0 Å². The first-order chi connectivity index (χ1) is 12.5. The van der Waals surface area contributed by atoms with Gasteiger partial charge in [0.05, 0.1) is 11.0 Å². The van der Waals surface area contributed by atoms with Gasteiger partial charge < -0.3 is 19.2 Å². The van der Waals surface area contributed by atoms with Crippen molar-refractivity contribution in [1.29, 1.82) is 5.26 Å². The molecule has 1 aromatic heterocycles. The zero-order valence-corrected chi connectivity index (χ0v) is 16.7. The summed E-state index contributed by atoms with van der Waals surface area (Å²) in [5.41, 5.74) is -0.968. The number of carbonyl (C=O) groups excluding carboxylic acids is 1. The zero-order chi connectivity index (χ0) is 20.2. The zero-order valence-electron chi connectivity index (χ0n) is 16.7. The van der Waals surface area contributed by atoms with Gasteiger partial charge in [-0.05, 0) is 41.5 Å². The fourth-order valence-electron chi connectivity index (χ4n) is 2.37. The standard InChI is InChI=1S/C21H26N2O4/c1-20(2,3)26-13-25-17(12-22)19-15-10-8-7-9-14(15)16(23-19)11-18(24)27-21(4,5)6/h7-11,23H,13H2,1-6H3/b16-11-,19-17-. The van der Waals surface area contributed by atoms with E-state index in [-0.39, 0.29) is 18.2 Å². The molecule has 0 saturated heterocycles. The molecule has 0 aliphatic heterocycles. The number of fused-ring (bicyclic) bond motifs is 1. The van der Waals surface area contributed by atoms with Crippen molar-refractivity contribution >= 4 is 28.6 Å². The maximum Gasteiger partial charge on any atom is 0.333 e. The molecule has 0 radical (unpaired) electrons. The summed E-state index contributed by atoms with van der Waals surface area (Å²) in [7, 11) is 0. The molecule has 0 atom stereocenters. The Kier molecular flexibility index (Phi) is 5.97. The van der Waals surface area contributed by atoms with Gasteiger partial charge in [0.2, 0.25) is 5.76 Å². The molecule has 0 aliphatic rings. The van der Waals surface area contributed by atoms with Crippen LogP contribution in [-0.4, -0.2) is 28.9 Å². The van der Waals surface area contributed by atoms with Crippen molar-refractivity contribution in [1.82, 2.24) is 4.98 Å². The van der Waals surface area contributed by atoms with Crippen LogP contribution in [0, 0.1) is 11.3 Å². The summed E-state index contributed by atoms with van der Waals surface area (Å²) in [5.74, 6) is -0.365. The third kappa shape index (κ3) is 5.87. The summed E-state index contributed by atoms with van der Waals surface area (Å²) < 4.78 is 16.4. The van der Waals surface area contributed by atoms with Gasteiger partial charge in [-0.1, -0.05) is 24.3 Å². The summed E-state index contributed by atoms with van der Waals surface area (Å²) in [6, 6.07) is 9.50. The van der Waals surface area contributed by atoms with Crippen LogP contribution in [0.1, 0.15) is 41.5 Å². The average molecular weight is 370 g/mol.